The highest BCUT2D eigenvalue weighted by Crippen LogP contribution is 2.18. The van der Waals surface area contributed by atoms with Crippen LogP contribution < -0.4 is 10.9 Å². The van der Waals surface area contributed by atoms with Crippen LogP contribution in [-0.4, -0.2) is 62.3 Å². The highest BCUT2D eigenvalue weighted by atomic mass is 32.2. The lowest BCUT2D eigenvalue weighted by Gasteiger charge is -2.21. The molecule has 9 heteroatoms. The fourth-order valence-electron chi connectivity index (χ4n) is 3.59. The Labute approximate surface area is 182 Å². The van der Waals surface area contributed by atoms with Crippen molar-refractivity contribution in [3.63, 3.8) is 0 Å². The highest BCUT2D eigenvalue weighted by molar-refractivity contribution is 7.89. The van der Waals surface area contributed by atoms with Crippen molar-refractivity contribution >= 4 is 15.9 Å². The SMILES string of the molecule is Cc1ccn(CCc2ccccc2)c(=O)c1C(=O)N[C@H]1COC[C@H]1CS(=O)(=O)N(C)C. The number of nitrogens with zero attached hydrogens (tertiary/aromatic N) is 2. The second-order valence-electron chi connectivity index (χ2n) is 8.05. The molecule has 1 fully saturated rings. The van der Waals surface area contributed by atoms with Crippen molar-refractivity contribution in [3.8, 4) is 0 Å². The number of benzene rings is 1. The molecule has 1 aliphatic rings. The Hall–Kier alpha value is -2.49. The molecule has 8 nitrogen and oxygen atoms in total. The molecule has 1 aliphatic heterocycles. The molecule has 168 valence electrons. The Kier molecular flexibility index (Phi) is 7.30. The average molecular weight is 448 g/mol. The first kappa shape index (κ1) is 23.2. The van der Waals surface area contributed by atoms with Gasteiger partial charge in [0.05, 0.1) is 25.0 Å². The summed E-state index contributed by atoms with van der Waals surface area (Å²) in [6.45, 7) is 2.64. The Morgan fingerprint density at radius 2 is 1.90 bits per heavy atom. The minimum Gasteiger partial charge on any atom is -0.379 e. The van der Waals surface area contributed by atoms with Crippen LogP contribution in [0.25, 0.3) is 0 Å². The first-order chi connectivity index (χ1) is 14.7. The topological polar surface area (TPSA) is 97.7 Å². The molecule has 2 aromatic rings. The Balaban J connectivity index is 1.74. The van der Waals surface area contributed by atoms with E-state index < -0.39 is 22.0 Å². The summed E-state index contributed by atoms with van der Waals surface area (Å²) in [6.07, 6.45) is 2.37. The van der Waals surface area contributed by atoms with Gasteiger partial charge in [0, 0.05) is 32.8 Å². The van der Waals surface area contributed by atoms with Crippen molar-refractivity contribution < 1.29 is 17.9 Å². The van der Waals surface area contributed by atoms with Crippen molar-refractivity contribution in [3.05, 3.63) is 69.6 Å². The molecule has 1 aromatic heterocycles. The third-order valence-corrected chi connectivity index (χ3v) is 7.54. The van der Waals surface area contributed by atoms with Crippen LogP contribution >= 0.6 is 0 Å². The minimum absolute atomic E-state index is 0.0803. The normalized spacial score (nSPS) is 19.0. The first-order valence-electron chi connectivity index (χ1n) is 10.2. The molecule has 1 N–H and O–H groups in total. The number of pyridine rings is 1. The van der Waals surface area contributed by atoms with Gasteiger partial charge < -0.3 is 14.6 Å². The second kappa shape index (κ2) is 9.76. The molecule has 1 aromatic carbocycles. The molecule has 0 saturated carbocycles. The molecular weight excluding hydrogens is 418 g/mol. The van der Waals surface area contributed by atoms with E-state index in [9.17, 15) is 18.0 Å². The highest BCUT2D eigenvalue weighted by Gasteiger charge is 2.34. The summed E-state index contributed by atoms with van der Waals surface area (Å²) in [5, 5.41) is 2.83. The Morgan fingerprint density at radius 1 is 1.19 bits per heavy atom. The zero-order valence-corrected chi connectivity index (χ0v) is 18.9. The zero-order valence-electron chi connectivity index (χ0n) is 18.1. The number of hydrogen-bond donors (Lipinski definition) is 1. The number of sulfonamides is 1. The maximum absolute atomic E-state index is 13.0. The van der Waals surface area contributed by atoms with Crippen LogP contribution in [0.15, 0.2) is 47.4 Å². The van der Waals surface area contributed by atoms with Gasteiger partial charge in [0.2, 0.25) is 10.0 Å². The lowest BCUT2D eigenvalue weighted by molar-refractivity contribution is 0.0923. The van der Waals surface area contributed by atoms with Gasteiger partial charge in [-0.15, -0.1) is 0 Å². The number of nitrogens with one attached hydrogen (secondary N) is 1. The molecule has 0 aliphatic carbocycles. The van der Waals surface area contributed by atoms with Crippen LogP contribution in [0.2, 0.25) is 0 Å². The van der Waals surface area contributed by atoms with Crippen molar-refractivity contribution in [1.82, 2.24) is 14.2 Å². The van der Waals surface area contributed by atoms with Crippen molar-refractivity contribution in [1.29, 1.82) is 0 Å². The molecule has 0 radical (unpaired) electrons. The summed E-state index contributed by atoms with van der Waals surface area (Å²) in [6, 6.07) is 11.1. The van der Waals surface area contributed by atoms with Gasteiger partial charge in [0.1, 0.15) is 5.56 Å². The molecule has 1 saturated heterocycles. The van der Waals surface area contributed by atoms with Crippen LogP contribution in [-0.2, 0) is 27.7 Å². The molecule has 3 rings (SSSR count). The van der Waals surface area contributed by atoms with Gasteiger partial charge in [-0.25, -0.2) is 12.7 Å². The first-order valence-corrected chi connectivity index (χ1v) is 11.8. The molecule has 0 bridgehead atoms. The fraction of sp³-hybridized carbons (Fsp3) is 0.455. The lowest BCUT2D eigenvalue weighted by atomic mass is 10.0. The van der Waals surface area contributed by atoms with Crippen molar-refractivity contribution in [2.24, 2.45) is 5.92 Å². The van der Waals surface area contributed by atoms with Crippen LogP contribution in [0.3, 0.4) is 0 Å². The summed E-state index contributed by atoms with van der Waals surface area (Å²) in [7, 11) is -0.483. The maximum atomic E-state index is 13.0. The third-order valence-electron chi connectivity index (χ3n) is 5.58. The third kappa shape index (κ3) is 5.61. The number of hydrogen-bond acceptors (Lipinski definition) is 5. The maximum Gasteiger partial charge on any atom is 0.263 e. The van der Waals surface area contributed by atoms with Crippen LogP contribution in [0, 0.1) is 12.8 Å². The van der Waals surface area contributed by atoms with E-state index >= 15 is 0 Å². The molecule has 0 unspecified atom stereocenters. The smallest absolute Gasteiger partial charge is 0.263 e. The van der Waals surface area contributed by atoms with E-state index in [1.807, 2.05) is 30.3 Å². The standard InChI is InChI=1S/C22H29N3O5S/c1-16-9-11-25(12-10-17-7-5-4-6-8-17)22(27)20(16)21(26)23-19-14-30-13-18(19)15-31(28,29)24(2)3/h4-9,11,18-19H,10,12-15H2,1-3H3,(H,23,26)/t18-,19-/m0/s1. The van der Waals surface area contributed by atoms with E-state index in [0.29, 0.717) is 18.5 Å². The summed E-state index contributed by atoms with van der Waals surface area (Å²) >= 11 is 0. The molecule has 1 amide bonds. The van der Waals surface area contributed by atoms with Gasteiger partial charge in [0.25, 0.3) is 11.5 Å². The quantitative estimate of drug-likeness (QED) is 0.652. The summed E-state index contributed by atoms with van der Waals surface area (Å²) < 4.78 is 32.6. The number of aryl methyl sites for hydroxylation is 3. The van der Waals surface area contributed by atoms with Gasteiger partial charge in [-0.05, 0) is 30.5 Å². The van der Waals surface area contributed by atoms with Crippen molar-refractivity contribution in [2.45, 2.75) is 25.9 Å². The van der Waals surface area contributed by atoms with Gasteiger partial charge in [0.15, 0.2) is 0 Å². The monoisotopic (exact) mass is 447 g/mol. The van der Waals surface area contributed by atoms with Crippen LogP contribution in [0.5, 0.6) is 0 Å². The Morgan fingerprint density at radius 3 is 2.58 bits per heavy atom. The predicted octanol–water partition coefficient (Wildman–Crippen LogP) is 1.04. The summed E-state index contributed by atoms with van der Waals surface area (Å²) in [5.41, 5.74) is 1.41. The predicted molar refractivity (Wildman–Crippen MR) is 119 cm³/mol. The van der Waals surface area contributed by atoms with E-state index in [1.165, 1.54) is 18.7 Å². The van der Waals surface area contributed by atoms with E-state index in [0.717, 1.165) is 9.87 Å². The average Bonchev–Trinajstić information content (AvgIpc) is 3.14. The lowest BCUT2D eigenvalue weighted by Crippen LogP contribution is -2.45. The van der Waals surface area contributed by atoms with Crippen LogP contribution in [0.4, 0.5) is 0 Å². The molecule has 0 spiro atoms. The molecule has 2 atom stereocenters. The molecule has 2 heterocycles. The van der Waals surface area contributed by atoms with Gasteiger partial charge in [-0.2, -0.15) is 0 Å². The van der Waals surface area contributed by atoms with E-state index in [4.69, 9.17) is 4.74 Å². The number of rotatable bonds is 8. The second-order valence-corrected chi connectivity index (χ2v) is 10.3. The summed E-state index contributed by atoms with van der Waals surface area (Å²) in [4.78, 5) is 26.0. The fourth-order valence-corrected chi connectivity index (χ4v) is 4.76. The minimum atomic E-state index is -3.44. The van der Waals surface area contributed by atoms with E-state index in [-0.39, 0.29) is 36.0 Å². The van der Waals surface area contributed by atoms with Gasteiger partial charge in [-0.1, -0.05) is 30.3 Å². The largest absolute Gasteiger partial charge is 0.379 e. The number of aromatic nitrogens is 1. The van der Waals surface area contributed by atoms with Gasteiger partial charge >= 0.3 is 0 Å². The molecular formula is C22H29N3O5S. The van der Waals surface area contributed by atoms with E-state index in [2.05, 4.69) is 5.32 Å². The van der Waals surface area contributed by atoms with Crippen LogP contribution in [0.1, 0.15) is 21.5 Å². The number of carbonyl (C=O) groups is 1. The number of ether oxygens (including phenoxy) is 1. The molecule has 31 heavy (non-hydrogen) atoms. The Bertz CT molecular complexity index is 1080. The summed E-state index contributed by atoms with van der Waals surface area (Å²) in [5.74, 6) is -1.000. The van der Waals surface area contributed by atoms with E-state index in [1.54, 1.807) is 19.2 Å². The van der Waals surface area contributed by atoms with Gasteiger partial charge in [-0.3, -0.25) is 9.59 Å². The number of carbonyl (C=O) groups excluding carboxylic acids is 1. The van der Waals surface area contributed by atoms with Crippen molar-refractivity contribution in [2.75, 3.05) is 33.1 Å². The zero-order chi connectivity index (χ0) is 22.6. The number of amides is 1.